The standard InChI is InChI=1S/C10H18N4S/c1-7(8-4-5-8)14(3)6-9-10(11-2)15-13-12-9/h7-8,11H,4-6H2,1-3H3. The molecule has 5 heteroatoms. The molecule has 15 heavy (non-hydrogen) atoms. The first-order valence-corrected chi connectivity index (χ1v) is 6.19. The summed E-state index contributed by atoms with van der Waals surface area (Å²) in [4.78, 5) is 2.37. The van der Waals surface area contributed by atoms with Crippen LogP contribution < -0.4 is 5.32 Å². The summed E-state index contributed by atoms with van der Waals surface area (Å²) in [5, 5.41) is 8.37. The molecule has 0 bridgehead atoms. The van der Waals surface area contributed by atoms with Crippen molar-refractivity contribution >= 4 is 16.5 Å². The number of aromatic nitrogens is 2. The minimum atomic E-state index is 0.663. The van der Waals surface area contributed by atoms with E-state index in [9.17, 15) is 0 Å². The van der Waals surface area contributed by atoms with Crippen molar-refractivity contribution in [2.45, 2.75) is 32.4 Å². The van der Waals surface area contributed by atoms with Gasteiger partial charge in [-0.15, -0.1) is 5.10 Å². The second-order valence-electron chi connectivity index (χ2n) is 4.29. The largest absolute Gasteiger partial charge is 0.377 e. The average molecular weight is 226 g/mol. The lowest BCUT2D eigenvalue weighted by molar-refractivity contribution is 0.224. The van der Waals surface area contributed by atoms with E-state index in [1.54, 1.807) is 0 Å². The van der Waals surface area contributed by atoms with Crippen LogP contribution in [0.1, 0.15) is 25.5 Å². The van der Waals surface area contributed by atoms with Crippen molar-refractivity contribution < 1.29 is 0 Å². The zero-order valence-corrected chi connectivity index (χ0v) is 10.3. The lowest BCUT2D eigenvalue weighted by Crippen LogP contribution is -2.30. The van der Waals surface area contributed by atoms with Crippen LogP contribution in [0.2, 0.25) is 0 Å². The van der Waals surface area contributed by atoms with Gasteiger partial charge in [-0.3, -0.25) is 4.90 Å². The molecule has 4 nitrogen and oxygen atoms in total. The van der Waals surface area contributed by atoms with Gasteiger partial charge in [0.05, 0.1) is 0 Å². The highest BCUT2D eigenvalue weighted by Crippen LogP contribution is 2.35. The Bertz CT molecular complexity index is 321. The summed E-state index contributed by atoms with van der Waals surface area (Å²) >= 11 is 1.43. The Morgan fingerprint density at radius 3 is 2.93 bits per heavy atom. The first kappa shape index (κ1) is 10.8. The predicted molar refractivity (Wildman–Crippen MR) is 63.1 cm³/mol. The van der Waals surface area contributed by atoms with Gasteiger partial charge in [-0.2, -0.15) is 0 Å². The fraction of sp³-hybridized carbons (Fsp3) is 0.800. The highest BCUT2D eigenvalue weighted by atomic mass is 32.1. The second kappa shape index (κ2) is 4.45. The third-order valence-electron chi connectivity index (χ3n) is 3.18. The number of anilines is 1. The summed E-state index contributed by atoms with van der Waals surface area (Å²) < 4.78 is 3.97. The van der Waals surface area contributed by atoms with Gasteiger partial charge in [0, 0.05) is 31.2 Å². The van der Waals surface area contributed by atoms with Crippen molar-refractivity contribution in [1.82, 2.24) is 14.5 Å². The summed E-state index contributed by atoms with van der Waals surface area (Å²) in [5.41, 5.74) is 1.07. The summed E-state index contributed by atoms with van der Waals surface area (Å²) in [6, 6.07) is 0.663. The summed E-state index contributed by atoms with van der Waals surface area (Å²) in [6.45, 7) is 3.20. The van der Waals surface area contributed by atoms with Crippen LogP contribution >= 0.6 is 11.5 Å². The van der Waals surface area contributed by atoms with Crippen LogP contribution in [-0.2, 0) is 6.54 Å². The number of nitrogens with zero attached hydrogens (tertiary/aromatic N) is 3. The lowest BCUT2D eigenvalue weighted by atomic mass is 10.2. The maximum Gasteiger partial charge on any atom is 0.134 e. The van der Waals surface area contributed by atoms with Gasteiger partial charge in [-0.25, -0.2) is 0 Å². The molecule has 1 aromatic rings. The van der Waals surface area contributed by atoms with Crippen molar-refractivity contribution in [2.24, 2.45) is 5.92 Å². The highest BCUT2D eigenvalue weighted by Gasteiger charge is 2.30. The van der Waals surface area contributed by atoms with Gasteiger partial charge < -0.3 is 5.32 Å². The topological polar surface area (TPSA) is 41.1 Å². The molecular formula is C10H18N4S. The van der Waals surface area contributed by atoms with Crippen molar-refractivity contribution in [3.63, 3.8) is 0 Å². The third kappa shape index (κ3) is 2.46. The van der Waals surface area contributed by atoms with Crippen molar-refractivity contribution in [3.05, 3.63) is 5.69 Å². The van der Waals surface area contributed by atoms with Gasteiger partial charge >= 0.3 is 0 Å². The molecule has 1 atom stereocenters. The van der Waals surface area contributed by atoms with Gasteiger partial charge in [0.15, 0.2) is 0 Å². The molecule has 1 fully saturated rings. The molecule has 0 aliphatic heterocycles. The van der Waals surface area contributed by atoms with E-state index < -0.39 is 0 Å². The molecular weight excluding hydrogens is 208 g/mol. The summed E-state index contributed by atoms with van der Waals surface area (Å²) in [5.74, 6) is 0.902. The van der Waals surface area contributed by atoms with Crippen LogP contribution in [0.25, 0.3) is 0 Å². The zero-order valence-electron chi connectivity index (χ0n) is 9.53. The number of hydrogen-bond acceptors (Lipinski definition) is 5. The van der Waals surface area contributed by atoms with E-state index in [-0.39, 0.29) is 0 Å². The highest BCUT2D eigenvalue weighted by molar-refractivity contribution is 7.10. The number of nitrogens with one attached hydrogen (secondary N) is 1. The summed E-state index contributed by atoms with van der Waals surface area (Å²) in [7, 11) is 4.09. The SMILES string of the molecule is CNc1snnc1CN(C)C(C)C1CC1. The average Bonchev–Trinajstić information content (AvgIpc) is 2.99. The molecule has 1 aliphatic rings. The van der Waals surface area contributed by atoms with E-state index in [2.05, 4.69) is 33.8 Å². The Morgan fingerprint density at radius 1 is 1.60 bits per heavy atom. The van der Waals surface area contributed by atoms with Crippen molar-refractivity contribution in [1.29, 1.82) is 0 Å². The van der Waals surface area contributed by atoms with Crippen LogP contribution in [0.3, 0.4) is 0 Å². The maximum atomic E-state index is 4.15. The molecule has 1 aliphatic carbocycles. The van der Waals surface area contributed by atoms with E-state index in [4.69, 9.17) is 0 Å². The van der Waals surface area contributed by atoms with Crippen LogP contribution in [0.4, 0.5) is 5.00 Å². The molecule has 1 N–H and O–H groups in total. The molecule has 1 heterocycles. The summed E-state index contributed by atoms with van der Waals surface area (Å²) in [6.07, 6.45) is 2.78. The predicted octanol–water partition coefficient (Wildman–Crippen LogP) is 1.81. The number of rotatable bonds is 5. The lowest BCUT2D eigenvalue weighted by Gasteiger charge is -2.23. The molecule has 0 saturated heterocycles. The molecule has 0 spiro atoms. The van der Waals surface area contributed by atoms with E-state index in [1.807, 2.05) is 7.05 Å². The molecule has 0 aromatic carbocycles. The fourth-order valence-corrected chi connectivity index (χ4v) is 2.34. The smallest absolute Gasteiger partial charge is 0.134 e. The second-order valence-corrected chi connectivity index (χ2v) is 5.05. The van der Waals surface area contributed by atoms with E-state index in [1.165, 1.54) is 24.4 Å². The van der Waals surface area contributed by atoms with Crippen LogP contribution in [0.15, 0.2) is 0 Å². The van der Waals surface area contributed by atoms with Crippen LogP contribution in [-0.4, -0.2) is 34.6 Å². The molecule has 1 saturated carbocycles. The molecule has 84 valence electrons. The Morgan fingerprint density at radius 2 is 2.33 bits per heavy atom. The Kier molecular flexibility index (Phi) is 3.21. The Labute approximate surface area is 94.8 Å². The molecule has 1 aromatic heterocycles. The molecule has 0 radical (unpaired) electrons. The number of hydrogen-bond donors (Lipinski definition) is 1. The Balaban J connectivity index is 1.95. The third-order valence-corrected chi connectivity index (χ3v) is 3.97. The van der Waals surface area contributed by atoms with Crippen molar-refractivity contribution in [2.75, 3.05) is 19.4 Å². The quantitative estimate of drug-likeness (QED) is 0.831. The van der Waals surface area contributed by atoms with Gasteiger partial charge in [0.2, 0.25) is 0 Å². The van der Waals surface area contributed by atoms with Gasteiger partial charge in [0.25, 0.3) is 0 Å². The van der Waals surface area contributed by atoms with Crippen molar-refractivity contribution in [3.8, 4) is 0 Å². The van der Waals surface area contributed by atoms with E-state index in [0.717, 1.165) is 23.2 Å². The Hall–Kier alpha value is -0.680. The zero-order chi connectivity index (χ0) is 10.8. The van der Waals surface area contributed by atoms with Gasteiger partial charge in [0.1, 0.15) is 10.7 Å². The van der Waals surface area contributed by atoms with Gasteiger partial charge in [-0.05, 0) is 32.7 Å². The van der Waals surface area contributed by atoms with Crippen LogP contribution in [0.5, 0.6) is 0 Å². The molecule has 2 rings (SSSR count). The minimum Gasteiger partial charge on any atom is -0.377 e. The fourth-order valence-electron chi connectivity index (χ4n) is 1.82. The first-order chi connectivity index (χ1) is 7.22. The monoisotopic (exact) mass is 226 g/mol. The van der Waals surface area contributed by atoms with Gasteiger partial charge in [-0.1, -0.05) is 4.49 Å². The van der Waals surface area contributed by atoms with Crippen LogP contribution in [0, 0.1) is 5.92 Å². The molecule has 1 unspecified atom stereocenters. The molecule has 0 amide bonds. The first-order valence-electron chi connectivity index (χ1n) is 5.41. The maximum absolute atomic E-state index is 4.15. The normalized spacial score (nSPS) is 18.1. The van der Waals surface area contributed by atoms with E-state index >= 15 is 0 Å². The van der Waals surface area contributed by atoms with E-state index in [0.29, 0.717) is 6.04 Å². The minimum absolute atomic E-state index is 0.663.